The highest BCUT2D eigenvalue weighted by Crippen LogP contribution is 2.58. The third kappa shape index (κ3) is 5.11. The van der Waals surface area contributed by atoms with Crippen molar-refractivity contribution >= 4 is 0 Å². The summed E-state index contributed by atoms with van der Waals surface area (Å²) in [5.74, 6) is 2.77. The van der Waals surface area contributed by atoms with Crippen molar-refractivity contribution in [1.82, 2.24) is 15.0 Å². The van der Waals surface area contributed by atoms with Crippen molar-refractivity contribution in [3.63, 3.8) is 0 Å². The maximum atomic E-state index is 7.23. The van der Waals surface area contributed by atoms with Crippen molar-refractivity contribution in [1.29, 1.82) is 0 Å². The molecule has 0 saturated carbocycles. The minimum Gasteiger partial charge on any atom is -0.472 e. The van der Waals surface area contributed by atoms with E-state index in [-0.39, 0.29) is 0 Å². The summed E-state index contributed by atoms with van der Waals surface area (Å²) < 4.78 is 7.23. The van der Waals surface area contributed by atoms with E-state index in [0.717, 1.165) is 55.8 Å². The van der Waals surface area contributed by atoms with Crippen molar-refractivity contribution in [2.24, 2.45) is 0 Å². The van der Waals surface area contributed by atoms with Crippen molar-refractivity contribution < 1.29 is 4.74 Å². The summed E-state index contributed by atoms with van der Waals surface area (Å²) in [5, 5.41) is 0. The van der Waals surface area contributed by atoms with Crippen LogP contribution in [0.25, 0.3) is 78.7 Å². The van der Waals surface area contributed by atoms with Gasteiger partial charge in [0.05, 0.1) is 0 Å². The predicted octanol–water partition coefficient (Wildman–Crippen LogP) is 12.5. The van der Waals surface area contributed by atoms with Crippen LogP contribution in [0.2, 0.25) is 0 Å². The second-order valence-electron chi connectivity index (χ2n) is 14.3. The normalized spacial score (nSPS) is 12.9. The van der Waals surface area contributed by atoms with Crippen LogP contribution in [0.15, 0.2) is 200 Å². The average molecular weight is 716 g/mol. The van der Waals surface area contributed by atoms with Crippen LogP contribution in [0.4, 0.5) is 0 Å². The summed E-state index contributed by atoms with van der Waals surface area (Å²) in [6.45, 7) is 0. The first-order valence-corrected chi connectivity index (χ1v) is 18.9. The van der Waals surface area contributed by atoms with E-state index in [1.807, 2.05) is 36.4 Å². The maximum absolute atomic E-state index is 7.23. The van der Waals surface area contributed by atoms with E-state index in [1.165, 1.54) is 27.8 Å². The SMILES string of the molecule is c1ccc(-c2cccc(-c3nc(-c4ccccc4)nc(-c4ccc(-c5ccc6c(c5)-c5ccccc5C5(O6)c6ccccc6-c6ccccc65)cc4)n3)c2)cc1. The standard InChI is InChI=1S/C52H33N3O/c1-3-14-34(15-4-1)38-18-13-19-40(32-38)51-54-49(36-16-5-2-6-17-36)53-50(55-51)37-28-26-35(27-29-37)39-30-31-48-44(33-39)43-22-9-12-25-47(43)52(56-48)45-23-10-7-20-41(45)42-21-8-11-24-46(42)52/h1-33H. The first-order valence-electron chi connectivity index (χ1n) is 18.9. The minimum atomic E-state index is -0.717. The molecule has 0 N–H and O–H groups in total. The third-order valence-corrected chi connectivity index (χ3v) is 11.1. The Morgan fingerprint density at radius 1 is 0.286 bits per heavy atom. The zero-order chi connectivity index (χ0) is 37.1. The summed E-state index contributed by atoms with van der Waals surface area (Å²) in [4.78, 5) is 15.0. The third-order valence-electron chi connectivity index (χ3n) is 11.1. The van der Waals surface area contributed by atoms with Gasteiger partial charge in [-0.25, -0.2) is 15.0 Å². The van der Waals surface area contributed by atoms with E-state index in [2.05, 4.69) is 164 Å². The summed E-state index contributed by atoms with van der Waals surface area (Å²) in [7, 11) is 0. The quantitative estimate of drug-likeness (QED) is 0.178. The lowest BCUT2D eigenvalue weighted by Crippen LogP contribution is -2.36. The predicted molar refractivity (Wildman–Crippen MR) is 225 cm³/mol. The molecule has 4 heteroatoms. The zero-order valence-electron chi connectivity index (χ0n) is 30.3. The van der Waals surface area contributed by atoms with Gasteiger partial charge in [-0.1, -0.05) is 182 Å². The van der Waals surface area contributed by atoms with Crippen LogP contribution in [0, 0.1) is 0 Å². The van der Waals surface area contributed by atoms with Crippen LogP contribution in [-0.2, 0) is 5.60 Å². The highest BCUT2D eigenvalue weighted by atomic mass is 16.5. The number of fused-ring (bicyclic) bond motifs is 9. The molecule has 8 aromatic carbocycles. The first-order chi connectivity index (χ1) is 27.7. The molecule has 1 aliphatic carbocycles. The van der Waals surface area contributed by atoms with E-state index in [1.54, 1.807) is 0 Å². The van der Waals surface area contributed by atoms with Gasteiger partial charge in [-0.05, 0) is 57.1 Å². The zero-order valence-corrected chi connectivity index (χ0v) is 30.3. The number of aromatic nitrogens is 3. The Morgan fingerprint density at radius 3 is 1.29 bits per heavy atom. The number of benzene rings is 8. The Morgan fingerprint density at radius 2 is 0.679 bits per heavy atom. The van der Waals surface area contributed by atoms with E-state index < -0.39 is 5.60 Å². The molecule has 0 amide bonds. The number of hydrogen-bond donors (Lipinski definition) is 0. The van der Waals surface area contributed by atoms with Gasteiger partial charge in [-0.3, -0.25) is 0 Å². The molecule has 0 bridgehead atoms. The van der Waals surface area contributed by atoms with E-state index >= 15 is 0 Å². The molecule has 2 aliphatic rings. The molecule has 9 aromatic rings. The van der Waals surface area contributed by atoms with Crippen LogP contribution in [0.5, 0.6) is 5.75 Å². The average Bonchev–Trinajstić information content (AvgIpc) is 3.56. The Hall–Kier alpha value is -7.43. The van der Waals surface area contributed by atoms with Crippen molar-refractivity contribution in [3.05, 3.63) is 217 Å². The van der Waals surface area contributed by atoms with Gasteiger partial charge in [0.25, 0.3) is 0 Å². The molecule has 4 nitrogen and oxygen atoms in total. The molecule has 56 heavy (non-hydrogen) atoms. The summed E-state index contributed by atoms with van der Waals surface area (Å²) >= 11 is 0. The van der Waals surface area contributed by atoms with E-state index in [9.17, 15) is 0 Å². The molecule has 262 valence electrons. The topological polar surface area (TPSA) is 47.9 Å². The highest BCUT2D eigenvalue weighted by Gasteiger charge is 2.50. The van der Waals surface area contributed by atoms with Gasteiger partial charge < -0.3 is 4.74 Å². The van der Waals surface area contributed by atoms with Crippen LogP contribution in [0.1, 0.15) is 16.7 Å². The molecule has 0 fully saturated rings. The van der Waals surface area contributed by atoms with E-state index in [0.29, 0.717) is 17.5 Å². The lowest BCUT2D eigenvalue weighted by atomic mass is 9.77. The Labute approximate surface area is 325 Å². The number of nitrogens with zero attached hydrogens (tertiary/aromatic N) is 3. The molecule has 1 aromatic heterocycles. The lowest BCUT2D eigenvalue weighted by molar-refractivity contribution is 0.157. The second-order valence-corrected chi connectivity index (χ2v) is 14.3. The number of hydrogen-bond acceptors (Lipinski definition) is 4. The van der Waals surface area contributed by atoms with Gasteiger partial charge >= 0.3 is 0 Å². The smallest absolute Gasteiger partial charge is 0.186 e. The van der Waals surface area contributed by atoms with Gasteiger partial charge in [0.1, 0.15) is 5.75 Å². The van der Waals surface area contributed by atoms with Gasteiger partial charge in [0, 0.05) is 38.9 Å². The fraction of sp³-hybridized carbons (Fsp3) is 0.0192. The molecular formula is C52H33N3O. The minimum absolute atomic E-state index is 0.626. The second kappa shape index (κ2) is 12.9. The van der Waals surface area contributed by atoms with Gasteiger partial charge in [0.2, 0.25) is 0 Å². The van der Waals surface area contributed by atoms with Crippen molar-refractivity contribution in [2.45, 2.75) is 5.60 Å². The molecule has 0 atom stereocenters. The molecular weight excluding hydrogens is 683 g/mol. The molecule has 0 unspecified atom stereocenters. The monoisotopic (exact) mass is 715 g/mol. The van der Waals surface area contributed by atoms with Gasteiger partial charge in [0.15, 0.2) is 23.1 Å². The number of ether oxygens (including phenoxy) is 1. The molecule has 0 saturated heterocycles. The Kier molecular flexibility index (Phi) is 7.36. The summed E-state index contributed by atoms with van der Waals surface area (Å²) in [6, 6.07) is 70.0. The Balaban J connectivity index is 0.974. The Bertz CT molecular complexity index is 2890. The fourth-order valence-electron chi connectivity index (χ4n) is 8.48. The van der Waals surface area contributed by atoms with Crippen LogP contribution in [-0.4, -0.2) is 15.0 Å². The largest absolute Gasteiger partial charge is 0.472 e. The van der Waals surface area contributed by atoms with Crippen molar-refractivity contribution in [3.8, 4) is 84.4 Å². The fourth-order valence-corrected chi connectivity index (χ4v) is 8.48. The summed E-state index contributed by atoms with van der Waals surface area (Å²) in [6.07, 6.45) is 0. The van der Waals surface area contributed by atoms with Gasteiger partial charge in [-0.15, -0.1) is 0 Å². The van der Waals surface area contributed by atoms with Crippen molar-refractivity contribution in [2.75, 3.05) is 0 Å². The lowest BCUT2D eigenvalue weighted by Gasteiger charge is -2.39. The maximum Gasteiger partial charge on any atom is 0.186 e. The first kappa shape index (κ1) is 32.0. The van der Waals surface area contributed by atoms with Crippen LogP contribution in [0.3, 0.4) is 0 Å². The van der Waals surface area contributed by atoms with E-state index in [4.69, 9.17) is 19.7 Å². The molecule has 2 heterocycles. The molecule has 1 aliphatic heterocycles. The molecule has 11 rings (SSSR count). The molecule has 0 radical (unpaired) electrons. The summed E-state index contributed by atoms with van der Waals surface area (Å²) in [5.41, 5.74) is 14.8. The van der Waals surface area contributed by atoms with Crippen LogP contribution >= 0.6 is 0 Å². The molecule has 1 spiro atoms. The van der Waals surface area contributed by atoms with Crippen LogP contribution < -0.4 is 4.74 Å². The number of rotatable bonds is 5. The highest BCUT2D eigenvalue weighted by molar-refractivity contribution is 5.89. The van der Waals surface area contributed by atoms with Gasteiger partial charge in [-0.2, -0.15) is 0 Å².